The largest absolute Gasteiger partial charge is 0.507 e. The van der Waals surface area contributed by atoms with Crippen molar-refractivity contribution in [3.05, 3.63) is 75.5 Å². The lowest BCUT2D eigenvalue weighted by molar-refractivity contribution is -0.122. The first-order valence-electron chi connectivity index (χ1n) is 15.5. The number of carbonyl (C=O) groups excluding carboxylic acids is 3. The molecular weight excluding hydrogens is 708 g/mol. The third kappa shape index (κ3) is 6.52. The van der Waals surface area contributed by atoms with Gasteiger partial charge in [-0.25, -0.2) is 13.6 Å². The van der Waals surface area contributed by atoms with Crippen LogP contribution < -0.4 is 38.9 Å². The van der Waals surface area contributed by atoms with Crippen molar-refractivity contribution in [3.8, 4) is 34.5 Å². The second kappa shape index (κ2) is 14.3. The highest BCUT2D eigenvalue weighted by Crippen LogP contribution is 2.56. The van der Waals surface area contributed by atoms with Crippen LogP contribution in [-0.2, 0) is 26.2 Å². The number of carbonyl (C=O) groups is 3. The van der Waals surface area contributed by atoms with Crippen molar-refractivity contribution in [1.82, 2.24) is 5.32 Å². The summed E-state index contributed by atoms with van der Waals surface area (Å²) in [7, 11) is 3.03. The van der Waals surface area contributed by atoms with Gasteiger partial charge < -0.3 is 38.8 Å². The zero-order valence-corrected chi connectivity index (χ0v) is 30.2. The fraction of sp³-hybridized carbons (Fsp3) is 0.343. The smallest absolute Gasteiger partial charge is 0.238 e. The van der Waals surface area contributed by atoms with Gasteiger partial charge in [0, 0.05) is 42.9 Å². The summed E-state index contributed by atoms with van der Waals surface area (Å²) < 4.78 is 57.0. The number of ketones is 2. The number of sulfonamides is 1. The molecule has 3 atom stereocenters. The number of methoxy groups -OCH3 is 5. The van der Waals surface area contributed by atoms with Gasteiger partial charge >= 0.3 is 0 Å². The number of rotatable bonds is 12. The number of primary sulfonamides is 1. The molecule has 3 aromatic rings. The van der Waals surface area contributed by atoms with Crippen LogP contribution in [0.15, 0.2) is 58.7 Å². The minimum atomic E-state index is -3.91. The normalized spacial score (nSPS) is 18.9. The van der Waals surface area contributed by atoms with Gasteiger partial charge in [-0.05, 0) is 35.4 Å². The number of amides is 1. The first-order valence-corrected chi connectivity index (χ1v) is 17.4. The molecule has 3 aromatic carbocycles. The summed E-state index contributed by atoms with van der Waals surface area (Å²) >= 11 is 6.60. The number of fused-ring (bicyclic) bond motifs is 1. The molecular formula is C35H37ClN2O12S. The maximum Gasteiger partial charge on any atom is 0.238 e. The van der Waals surface area contributed by atoms with Crippen LogP contribution in [0.2, 0.25) is 5.02 Å². The quantitative estimate of drug-likeness (QED) is 0.239. The topological polar surface area (TPSA) is 199 Å². The Balaban J connectivity index is 1.63. The van der Waals surface area contributed by atoms with Gasteiger partial charge in [-0.15, -0.1) is 0 Å². The van der Waals surface area contributed by atoms with Crippen molar-refractivity contribution in [2.24, 2.45) is 11.1 Å². The average Bonchev–Trinajstić information content (AvgIpc) is 3.43. The number of nitrogens with one attached hydrogen (secondary N) is 1. The number of aliphatic hydroxyl groups is 1. The van der Waals surface area contributed by atoms with Crippen LogP contribution in [0.4, 0.5) is 0 Å². The molecule has 0 fully saturated rings. The van der Waals surface area contributed by atoms with Crippen molar-refractivity contribution >= 4 is 39.1 Å². The van der Waals surface area contributed by atoms with Crippen LogP contribution in [0.1, 0.15) is 47.2 Å². The molecule has 51 heavy (non-hydrogen) atoms. The van der Waals surface area contributed by atoms with E-state index in [1.807, 2.05) is 0 Å². The van der Waals surface area contributed by atoms with E-state index in [4.69, 9.17) is 45.2 Å². The Bertz CT molecular complexity index is 2020. The SMILES string of the molecule is COc1cc(OC)c2c(c1Cl)OC1(C2=O)C(O)=C(C(CC(=O)NCc2ccc(S(N)(=O)=O)cc2)c2cc(OC)c(OC)c(OC)c2)C(=O)CC1C. The number of hydrogen-bond acceptors (Lipinski definition) is 12. The maximum absolute atomic E-state index is 14.4. The lowest BCUT2D eigenvalue weighted by Gasteiger charge is -2.38. The number of aliphatic hydroxyl groups excluding tert-OH is 1. The molecule has 14 nitrogen and oxygen atoms in total. The zero-order chi connectivity index (χ0) is 37.4. The van der Waals surface area contributed by atoms with Gasteiger partial charge in [0.25, 0.3) is 0 Å². The van der Waals surface area contributed by atoms with Crippen LogP contribution in [0, 0.1) is 5.92 Å². The van der Waals surface area contributed by atoms with Gasteiger partial charge in [0.05, 0.1) is 40.4 Å². The highest BCUT2D eigenvalue weighted by Gasteiger charge is 2.61. The minimum Gasteiger partial charge on any atom is -0.507 e. The Hall–Kier alpha value is -4.99. The summed E-state index contributed by atoms with van der Waals surface area (Å²) in [5.41, 5.74) is -1.50. The molecule has 272 valence electrons. The average molecular weight is 745 g/mol. The third-order valence-corrected chi connectivity index (χ3v) is 10.4. The second-order valence-electron chi connectivity index (χ2n) is 11.9. The van der Waals surface area contributed by atoms with E-state index in [9.17, 15) is 27.9 Å². The standard InChI is InChI=1S/C35H37ClN2O12S/c1-17-11-22(39)28(33(41)35(17)34(42)29-23(45-2)15-24(46-3)30(36)32(29)50-35)21(19-12-25(47-4)31(49-6)26(13-19)48-5)14-27(40)38-16-18-7-9-20(10-8-18)51(37,43)44/h7-10,12-13,15,17,21,41H,11,14,16H2,1-6H3,(H,38,40)(H2,37,43,44). The molecule has 2 aliphatic rings. The summed E-state index contributed by atoms with van der Waals surface area (Å²) in [5.74, 6) is -3.68. The van der Waals surface area contributed by atoms with E-state index in [0.29, 0.717) is 11.1 Å². The summed E-state index contributed by atoms with van der Waals surface area (Å²) in [5, 5.41) is 20.1. The lowest BCUT2D eigenvalue weighted by Crippen LogP contribution is -2.53. The number of hydrogen-bond donors (Lipinski definition) is 3. The van der Waals surface area contributed by atoms with Crippen LogP contribution in [0.3, 0.4) is 0 Å². The second-order valence-corrected chi connectivity index (χ2v) is 13.9. The van der Waals surface area contributed by atoms with Gasteiger partial charge in [0.15, 0.2) is 28.8 Å². The van der Waals surface area contributed by atoms with Crippen molar-refractivity contribution in [1.29, 1.82) is 0 Å². The Morgan fingerprint density at radius 3 is 2.10 bits per heavy atom. The molecule has 1 spiro atoms. The number of nitrogens with two attached hydrogens (primary N) is 1. The van der Waals surface area contributed by atoms with Crippen molar-refractivity contribution in [3.63, 3.8) is 0 Å². The van der Waals surface area contributed by atoms with Crippen LogP contribution >= 0.6 is 11.6 Å². The van der Waals surface area contributed by atoms with Gasteiger partial charge in [-0.3, -0.25) is 14.4 Å². The molecule has 1 aliphatic heterocycles. The molecule has 4 N–H and O–H groups in total. The summed E-state index contributed by atoms with van der Waals surface area (Å²) in [4.78, 5) is 42.0. The number of halogens is 1. The maximum atomic E-state index is 14.4. The van der Waals surface area contributed by atoms with E-state index in [2.05, 4.69) is 5.32 Å². The predicted octanol–water partition coefficient (Wildman–Crippen LogP) is 4.26. The molecule has 1 amide bonds. The van der Waals surface area contributed by atoms with Crippen molar-refractivity contribution in [2.45, 2.75) is 42.7 Å². The summed E-state index contributed by atoms with van der Waals surface area (Å²) in [6.45, 7) is 1.58. The van der Waals surface area contributed by atoms with Crippen molar-refractivity contribution < 1.29 is 56.3 Å². The Morgan fingerprint density at radius 1 is 0.980 bits per heavy atom. The van der Waals surface area contributed by atoms with E-state index >= 15 is 0 Å². The molecule has 5 rings (SSSR count). The molecule has 3 unspecified atom stereocenters. The molecule has 16 heteroatoms. The molecule has 0 radical (unpaired) electrons. The van der Waals surface area contributed by atoms with E-state index in [1.54, 1.807) is 19.1 Å². The molecule has 0 saturated heterocycles. The predicted molar refractivity (Wildman–Crippen MR) is 184 cm³/mol. The van der Waals surface area contributed by atoms with Gasteiger partial charge in [-0.1, -0.05) is 30.7 Å². The summed E-state index contributed by atoms with van der Waals surface area (Å²) in [6.07, 6.45) is -0.641. The van der Waals surface area contributed by atoms with Crippen LogP contribution in [0.25, 0.3) is 0 Å². The fourth-order valence-electron chi connectivity index (χ4n) is 6.48. The van der Waals surface area contributed by atoms with E-state index < -0.39 is 57.1 Å². The van der Waals surface area contributed by atoms with Gasteiger partial charge in [0.1, 0.15) is 22.1 Å². The Labute approximate surface area is 299 Å². The number of ether oxygens (including phenoxy) is 6. The number of Topliss-reactive ketones (excluding diaryl/α,β-unsaturated/α-hetero) is 2. The first-order chi connectivity index (χ1) is 24.2. The summed E-state index contributed by atoms with van der Waals surface area (Å²) in [6, 6.07) is 10.1. The number of allylic oxidation sites excluding steroid dienone is 1. The van der Waals surface area contributed by atoms with E-state index in [1.165, 1.54) is 65.9 Å². The fourth-order valence-corrected chi connectivity index (χ4v) is 7.26. The molecule has 0 bridgehead atoms. The molecule has 0 saturated carbocycles. The van der Waals surface area contributed by atoms with E-state index in [0.717, 1.165) is 0 Å². The highest BCUT2D eigenvalue weighted by atomic mass is 35.5. The molecule has 1 aliphatic carbocycles. The lowest BCUT2D eigenvalue weighted by atomic mass is 9.69. The van der Waals surface area contributed by atoms with Crippen LogP contribution in [0.5, 0.6) is 34.5 Å². The van der Waals surface area contributed by atoms with E-state index in [-0.39, 0.29) is 68.5 Å². The first kappa shape index (κ1) is 37.3. The molecule has 1 heterocycles. The number of benzene rings is 3. The third-order valence-electron chi connectivity index (χ3n) is 9.08. The van der Waals surface area contributed by atoms with Crippen molar-refractivity contribution in [2.75, 3.05) is 35.5 Å². The minimum absolute atomic E-state index is 0.0112. The Morgan fingerprint density at radius 2 is 1.57 bits per heavy atom. The van der Waals surface area contributed by atoms with Gasteiger partial charge in [0.2, 0.25) is 33.1 Å². The monoisotopic (exact) mass is 744 g/mol. The zero-order valence-electron chi connectivity index (χ0n) is 28.6. The van der Waals surface area contributed by atoms with Crippen LogP contribution in [-0.4, -0.2) is 72.1 Å². The molecule has 0 aromatic heterocycles. The van der Waals surface area contributed by atoms with Gasteiger partial charge in [-0.2, -0.15) is 0 Å². The highest BCUT2D eigenvalue weighted by molar-refractivity contribution is 7.89. The Kier molecular flexibility index (Phi) is 10.5.